The number of likely N-dealkylation sites (N-methyl/N-ethyl adjacent to an activating group) is 1. The van der Waals surface area contributed by atoms with E-state index in [-0.39, 0.29) is 24.5 Å². The third kappa shape index (κ3) is 3.30. The summed E-state index contributed by atoms with van der Waals surface area (Å²) < 4.78 is 1.75. The van der Waals surface area contributed by atoms with Crippen LogP contribution in [0, 0.1) is 0 Å². The number of hydrogen-bond donors (Lipinski definition) is 1. The summed E-state index contributed by atoms with van der Waals surface area (Å²) in [6.45, 7) is 3.67. The second kappa shape index (κ2) is 7.34. The maximum Gasteiger partial charge on any atom is 0.327 e. The van der Waals surface area contributed by atoms with Crippen LogP contribution < -0.4 is 5.32 Å². The molecule has 2 aliphatic rings. The predicted molar refractivity (Wildman–Crippen MR) is 102 cm³/mol. The Bertz CT molecular complexity index is 896. The quantitative estimate of drug-likeness (QED) is 0.810. The van der Waals surface area contributed by atoms with Gasteiger partial charge in [0, 0.05) is 25.8 Å². The molecule has 2 aromatic rings. The van der Waals surface area contributed by atoms with Gasteiger partial charge in [0.25, 0.3) is 5.91 Å². The van der Waals surface area contributed by atoms with Crippen LogP contribution in [0.2, 0.25) is 0 Å². The standard InChI is InChI=1S/C19H22N6O3/c1-2-24-17(26)16-13-22(8-9-25(16)19(24)28)18(27)21-15-10-20-23(12-15)11-14-6-4-3-5-7-14/h3-7,10,12,16H,2,8-9,11,13H2,1H3,(H,21,27). The second-order valence-corrected chi connectivity index (χ2v) is 6.86. The van der Waals surface area contributed by atoms with Crippen LogP contribution in [0.25, 0.3) is 0 Å². The molecule has 2 saturated heterocycles. The summed E-state index contributed by atoms with van der Waals surface area (Å²) in [5, 5.41) is 7.10. The highest BCUT2D eigenvalue weighted by Crippen LogP contribution is 2.22. The summed E-state index contributed by atoms with van der Waals surface area (Å²) in [7, 11) is 0. The van der Waals surface area contributed by atoms with E-state index in [0.29, 0.717) is 31.9 Å². The number of anilines is 1. The zero-order valence-electron chi connectivity index (χ0n) is 15.6. The van der Waals surface area contributed by atoms with Crippen molar-refractivity contribution in [3.8, 4) is 0 Å². The minimum absolute atomic E-state index is 0.199. The van der Waals surface area contributed by atoms with Gasteiger partial charge in [-0.2, -0.15) is 5.10 Å². The number of carbonyl (C=O) groups excluding carboxylic acids is 3. The van der Waals surface area contributed by atoms with Crippen LogP contribution in [-0.2, 0) is 11.3 Å². The highest BCUT2D eigenvalue weighted by atomic mass is 16.2. The smallest absolute Gasteiger partial charge is 0.320 e. The molecule has 2 fully saturated rings. The van der Waals surface area contributed by atoms with Crippen molar-refractivity contribution in [2.24, 2.45) is 0 Å². The van der Waals surface area contributed by atoms with Crippen LogP contribution in [0.3, 0.4) is 0 Å². The van der Waals surface area contributed by atoms with Gasteiger partial charge in [0.15, 0.2) is 0 Å². The molecular weight excluding hydrogens is 360 g/mol. The van der Waals surface area contributed by atoms with Gasteiger partial charge in [-0.3, -0.25) is 14.4 Å². The van der Waals surface area contributed by atoms with Crippen molar-refractivity contribution < 1.29 is 14.4 Å². The summed E-state index contributed by atoms with van der Waals surface area (Å²) in [5.41, 5.74) is 1.71. The molecule has 0 aliphatic carbocycles. The lowest BCUT2D eigenvalue weighted by molar-refractivity contribution is -0.128. The fourth-order valence-electron chi connectivity index (χ4n) is 3.62. The first kappa shape index (κ1) is 18.0. The van der Waals surface area contributed by atoms with Gasteiger partial charge in [-0.1, -0.05) is 30.3 Å². The first-order valence-corrected chi connectivity index (χ1v) is 9.31. The Morgan fingerprint density at radius 1 is 1.21 bits per heavy atom. The fraction of sp³-hybridized carbons (Fsp3) is 0.368. The van der Waals surface area contributed by atoms with Crippen molar-refractivity contribution in [3.63, 3.8) is 0 Å². The van der Waals surface area contributed by atoms with E-state index in [1.54, 1.807) is 33.8 Å². The number of piperazine rings is 1. The number of nitrogens with zero attached hydrogens (tertiary/aromatic N) is 5. The third-order valence-corrected chi connectivity index (χ3v) is 5.08. The van der Waals surface area contributed by atoms with Gasteiger partial charge in [0.2, 0.25) is 0 Å². The van der Waals surface area contributed by atoms with E-state index >= 15 is 0 Å². The van der Waals surface area contributed by atoms with Crippen LogP contribution in [0.4, 0.5) is 15.3 Å². The molecule has 9 nitrogen and oxygen atoms in total. The molecule has 28 heavy (non-hydrogen) atoms. The molecule has 5 amide bonds. The molecule has 3 heterocycles. The summed E-state index contributed by atoms with van der Waals surface area (Å²) in [4.78, 5) is 41.5. The lowest BCUT2D eigenvalue weighted by Crippen LogP contribution is -2.55. The van der Waals surface area contributed by atoms with E-state index in [0.717, 1.165) is 5.56 Å². The monoisotopic (exact) mass is 382 g/mol. The summed E-state index contributed by atoms with van der Waals surface area (Å²) in [6.07, 6.45) is 3.37. The lowest BCUT2D eigenvalue weighted by Gasteiger charge is -2.35. The second-order valence-electron chi connectivity index (χ2n) is 6.86. The van der Waals surface area contributed by atoms with Crippen molar-refractivity contribution in [1.29, 1.82) is 0 Å². The topological polar surface area (TPSA) is 90.8 Å². The fourth-order valence-corrected chi connectivity index (χ4v) is 3.62. The van der Waals surface area contributed by atoms with E-state index in [2.05, 4.69) is 10.4 Å². The van der Waals surface area contributed by atoms with E-state index in [1.165, 1.54) is 4.90 Å². The van der Waals surface area contributed by atoms with Crippen molar-refractivity contribution in [3.05, 3.63) is 48.3 Å². The molecule has 1 aromatic carbocycles. The van der Waals surface area contributed by atoms with Crippen molar-refractivity contribution in [2.45, 2.75) is 19.5 Å². The SMILES string of the molecule is CCN1C(=O)C2CN(C(=O)Nc3cnn(Cc4ccccc4)c3)CCN2C1=O. The van der Waals surface area contributed by atoms with Gasteiger partial charge in [-0.15, -0.1) is 0 Å². The van der Waals surface area contributed by atoms with Gasteiger partial charge in [-0.25, -0.2) is 9.59 Å². The number of aromatic nitrogens is 2. The van der Waals surface area contributed by atoms with E-state index in [1.807, 2.05) is 30.3 Å². The third-order valence-electron chi connectivity index (χ3n) is 5.08. The number of amides is 5. The van der Waals surface area contributed by atoms with Gasteiger partial charge in [0.1, 0.15) is 6.04 Å². The average Bonchev–Trinajstić information content (AvgIpc) is 3.24. The van der Waals surface area contributed by atoms with Crippen molar-refractivity contribution in [1.82, 2.24) is 24.5 Å². The highest BCUT2D eigenvalue weighted by molar-refractivity contribution is 6.05. The summed E-state index contributed by atoms with van der Waals surface area (Å²) >= 11 is 0. The molecule has 0 saturated carbocycles. The molecule has 1 unspecified atom stereocenters. The molecule has 1 atom stereocenters. The minimum Gasteiger partial charge on any atom is -0.320 e. The van der Waals surface area contributed by atoms with E-state index in [4.69, 9.17) is 0 Å². The van der Waals surface area contributed by atoms with E-state index in [9.17, 15) is 14.4 Å². The molecule has 2 aliphatic heterocycles. The minimum atomic E-state index is -0.590. The van der Waals surface area contributed by atoms with Crippen molar-refractivity contribution in [2.75, 3.05) is 31.5 Å². The molecule has 1 N–H and O–H groups in total. The van der Waals surface area contributed by atoms with Crippen LogP contribution in [0.1, 0.15) is 12.5 Å². The number of nitrogens with one attached hydrogen (secondary N) is 1. The predicted octanol–water partition coefficient (Wildman–Crippen LogP) is 1.43. The largest absolute Gasteiger partial charge is 0.327 e. The number of urea groups is 2. The van der Waals surface area contributed by atoms with Gasteiger partial charge in [-0.05, 0) is 12.5 Å². The molecular formula is C19H22N6O3. The molecule has 0 radical (unpaired) electrons. The normalized spacial score (nSPS) is 19.2. The number of carbonyl (C=O) groups is 3. The van der Waals surface area contributed by atoms with Crippen LogP contribution in [0.15, 0.2) is 42.7 Å². The highest BCUT2D eigenvalue weighted by Gasteiger charge is 2.47. The molecule has 146 valence electrons. The molecule has 0 spiro atoms. The lowest BCUT2D eigenvalue weighted by atomic mass is 10.2. The van der Waals surface area contributed by atoms with E-state index < -0.39 is 6.04 Å². The summed E-state index contributed by atoms with van der Waals surface area (Å²) in [6, 6.07) is 8.77. The van der Waals surface area contributed by atoms with Crippen LogP contribution in [0.5, 0.6) is 0 Å². The number of benzene rings is 1. The number of rotatable bonds is 4. The van der Waals surface area contributed by atoms with Gasteiger partial charge < -0.3 is 15.1 Å². The average molecular weight is 382 g/mol. The molecule has 4 rings (SSSR count). The number of hydrogen-bond acceptors (Lipinski definition) is 4. The number of imide groups is 1. The van der Waals surface area contributed by atoms with Gasteiger partial charge in [0.05, 0.1) is 25.0 Å². The van der Waals surface area contributed by atoms with Crippen LogP contribution in [-0.4, -0.2) is 74.7 Å². The van der Waals surface area contributed by atoms with Gasteiger partial charge >= 0.3 is 12.1 Å². The zero-order valence-corrected chi connectivity index (χ0v) is 15.6. The Hall–Kier alpha value is -3.36. The molecule has 1 aromatic heterocycles. The molecule has 0 bridgehead atoms. The Labute approximate surface area is 162 Å². The number of fused-ring (bicyclic) bond motifs is 1. The zero-order chi connectivity index (χ0) is 19.7. The maximum atomic E-state index is 12.6. The Balaban J connectivity index is 1.37. The Morgan fingerprint density at radius 3 is 2.75 bits per heavy atom. The Kier molecular flexibility index (Phi) is 4.72. The first-order valence-electron chi connectivity index (χ1n) is 9.31. The molecule has 9 heteroatoms. The first-order chi connectivity index (χ1) is 13.6. The van der Waals surface area contributed by atoms with Crippen molar-refractivity contribution >= 4 is 23.7 Å². The maximum absolute atomic E-state index is 12.6. The van der Waals surface area contributed by atoms with Crippen LogP contribution >= 0.6 is 0 Å². The Morgan fingerprint density at radius 2 is 2.00 bits per heavy atom. The summed E-state index contributed by atoms with van der Waals surface area (Å²) in [5.74, 6) is -0.235.